The molecule has 266 valence electrons. The Labute approximate surface area is 290 Å². The molecule has 0 spiro atoms. The second-order valence-corrected chi connectivity index (χ2v) is 14.0. The summed E-state index contributed by atoms with van der Waals surface area (Å²) in [6.07, 6.45) is 10.9. The molecule has 5 atom stereocenters. The monoisotopic (exact) mass is 674 g/mol. The average Bonchev–Trinajstić information content (AvgIpc) is 3.13. The Morgan fingerprint density at radius 2 is 1.63 bits per heavy atom. The number of nitrogens with zero attached hydrogens (tertiary/aromatic N) is 3. The first-order valence-corrected chi connectivity index (χ1v) is 18.6. The van der Waals surface area contributed by atoms with Crippen LogP contribution in [0.4, 0.5) is 5.69 Å². The Morgan fingerprint density at radius 3 is 2.39 bits per heavy atom. The van der Waals surface area contributed by atoms with Gasteiger partial charge in [-0.1, -0.05) is 58.2 Å². The third-order valence-corrected chi connectivity index (χ3v) is 10.6. The third kappa shape index (κ3) is 8.59. The summed E-state index contributed by atoms with van der Waals surface area (Å²) < 4.78 is 0. The Kier molecular flexibility index (Phi) is 12.6. The number of nitrogens with one attached hydrogen (secondary N) is 3. The number of amides is 4. The van der Waals surface area contributed by atoms with E-state index < -0.39 is 36.0 Å². The highest BCUT2D eigenvalue weighted by molar-refractivity contribution is 6.01. The number of anilines is 1. The number of hydrogen-bond acceptors (Lipinski definition) is 7. The van der Waals surface area contributed by atoms with Crippen LogP contribution in [-0.4, -0.2) is 77.1 Å². The molecule has 0 unspecified atom stereocenters. The van der Waals surface area contributed by atoms with E-state index in [0.717, 1.165) is 68.2 Å². The number of carbonyl (C=O) groups excluding carboxylic acids is 5. The summed E-state index contributed by atoms with van der Waals surface area (Å²) >= 11 is 0. The van der Waals surface area contributed by atoms with Gasteiger partial charge in [-0.25, -0.2) is 0 Å². The van der Waals surface area contributed by atoms with Gasteiger partial charge in [0.2, 0.25) is 23.6 Å². The van der Waals surface area contributed by atoms with Gasteiger partial charge >= 0.3 is 0 Å². The summed E-state index contributed by atoms with van der Waals surface area (Å²) in [4.78, 5) is 77.6. The Bertz CT molecular complexity index is 1510. The molecule has 3 saturated heterocycles. The number of rotatable bonds is 11. The number of Topliss-reactive ketones (excluding diaryl/α,β-unsaturated/α-hetero) is 1. The van der Waals surface area contributed by atoms with E-state index in [4.69, 9.17) is 4.98 Å². The van der Waals surface area contributed by atoms with Crippen LogP contribution < -0.4 is 20.9 Å². The minimum atomic E-state index is -1.15. The van der Waals surface area contributed by atoms with E-state index >= 15 is 0 Å². The van der Waals surface area contributed by atoms with Crippen LogP contribution in [0.3, 0.4) is 0 Å². The molecule has 3 aliphatic rings. The molecule has 11 nitrogen and oxygen atoms in total. The van der Waals surface area contributed by atoms with E-state index in [2.05, 4.69) is 20.9 Å². The van der Waals surface area contributed by atoms with Gasteiger partial charge in [-0.3, -0.25) is 29.0 Å². The van der Waals surface area contributed by atoms with E-state index in [1.54, 1.807) is 11.1 Å². The fraction of sp³-hybridized carbons (Fsp3) is 0.632. The predicted molar refractivity (Wildman–Crippen MR) is 190 cm³/mol. The highest BCUT2D eigenvalue weighted by atomic mass is 16.2. The number of ketones is 1. The summed E-state index contributed by atoms with van der Waals surface area (Å²) in [6.45, 7) is 7.80. The molecule has 0 bridgehead atoms. The smallest absolute Gasteiger partial charge is 0.248 e. The molecule has 3 fully saturated rings. The number of unbranched alkanes of at least 4 members (excludes halogenated alkanes) is 2. The summed E-state index contributed by atoms with van der Waals surface area (Å²) in [5, 5.41) is 10.00. The molecule has 4 heterocycles. The fourth-order valence-electron chi connectivity index (χ4n) is 7.48. The minimum Gasteiger partial charge on any atom is -0.371 e. The zero-order valence-electron chi connectivity index (χ0n) is 29.5. The summed E-state index contributed by atoms with van der Waals surface area (Å²) in [7, 11) is 0. The Balaban J connectivity index is 1.56. The molecule has 1 aromatic carbocycles. The maximum absolute atomic E-state index is 14.6. The van der Waals surface area contributed by atoms with E-state index in [9.17, 15) is 24.0 Å². The maximum Gasteiger partial charge on any atom is 0.248 e. The minimum absolute atomic E-state index is 0.204. The maximum atomic E-state index is 14.6. The first kappa shape index (κ1) is 36.3. The number of carbonyl (C=O) groups is 5. The van der Waals surface area contributed by atoms with Gasteiger partial charge < -0.3 is 25.8 Å². The molecule has 0 aliphatic carbocycles. The highest BCUT2D eigenvalue weighted by Crippen LogP contribution is 2.36. The molecule has 3 N–H and O–H groups in total. The molecular formula is C38H54N6O5. The largest absolute Gasteiger partial charge is 0.371 e. The number of aromatic nitrogens is 1. The first-order valence-electron chi connectivity index (χ1n) is 18.6. The van der Waals surface area contributed by atoms with Gasteiger partial charge in [0.05, 0.1) is 11.2 Å². The molecule has 4 amide bonds. The number of para-hydroxylation sites is 1. The van der Waals surface area contributed by atoms with Crippen LogP contribution in [0.15, 0.2) is 30.5 Å². The zero-order chi connectivity index (χ0) is 34.9. The van der Waals surface area contributed by atoms with Crippen molar-refractivity contribution in [1.82, 2.24) is 25.8 Å². The van der Waals surface area contributed by atoms with Crippen LogP contribution in [0.2, 0.25) is 0 Å². The number of pyridine rings is 1. The fourth-order valence-corrected chi connectivity index (χ4v) is 7.48. The first-order chi connectivity index (χ1) is 23.7. The lowest BCUT2D eigenvalue weighted by molar-refractivity contribution is -0.147. The quantitative estimate of drug-likeness (QED) is 0.293. The normalized spacial score (nSPS) is 24.6. The van der Waals surface area contributed by atoms with Crippen LogP contribution in [0.25, 0.3) is 10.9 Å². The van der Waals surface area contributed by atoms with E-state index in [1.807, 2.05) is 45.0 Å². The molecule has 0 saturated carbocycles. The van der Waals surface area contributed by atoms with Crippen molar-refractivity contribution in [3.05, 3.63) is 36.0 Å². The lowest BCUT2D eigenvalue weighted by Gasteiger charge is -2.40. The molecular weight excluding hydrogens is 620 g/mol. The number of fused-ring (bicyclic) bond motifs is 2. The Hall–Kier alpha value is -4.02. The van der Waals surface area contributed by atoms with E-state index in [1.165, 1.54) is 0 Å². The van der Waals surface area contributed by atoms with Crippen LogP contribution >= 0.6 is 0 Å². The van der Waals surface area contributed by atoms with Gasteiger partial charge in [0.25, 0.3) is 0 Å². The van der Waals surface area contributed by atoms with Crippen molar-refractivity contribution >= 4 is 46.0 Å². The second kappa shape index (κ2) is 17.1. The van der Waals surface area contributed by atoms with Crippen molar-refractivity contribution in [2.45, 2.75) is 128 Å². The van der Waals surface area contributed by atoms with Crippen molar-refractivity contribution < 1.29 is 24.0 Å². The molecule has 49 heavy (non-hydrogen) atoms. The van der Waals surface area contributed by atoms with Crippen molar-refractivity contribution in [2.75, 3.05) is 24.5 Å². The second-order valence-electron chi connectivity index (χ2n) is 14.0. The standard InChI is InChI=1S/C38H54N6O5/c1-4-25(3)32-38(49)44-23-15-12-20-31(44)36(47)40-30(19-9-6-8-16-26(45)5-2)35(46)42-33(37(48)41-32)28-24-39-29-18-11-10-17-27(29)34(28)43-21-13-7-14-22-43/h10-11,17-18,24-25,30-33H,4-9,12-16,19-23H2,1-3H3,(H,40,47)(H,41,48)(H,42,46)/t25-,30-,31+,32-,33+/m0/s1. The van der Waals surface area contributed by atoms with Crippen LogP contribution in [-0.2, 0) is 24.0 Å². The highest BCUT2D eigenvalue weighted by Gasteiger charge is 2.41. The van der Waals surface area contributed by atoms with Gasteiger partial charge in [-0.15, -0.1) is 0 Å². The van der Waals surface area contributed by atoms with Gasteiger partial charge in [-0.2, -0.15) is 0 Å². The van der Waals surface area contributed by atoms with Crippen molar-refractivity contribution in [2.24, 2.45) is 5.92 Å². The SMILES string of the molecule is CCC(=O)CCCCC[C@@H]1NC(=O)[C@H]2CCCCN2C(=O)[C@H]([C@@H](C)CC)NC(=O)[C@@H](c2cnc3ccccc3c2N2CCCCC2)NC1=O. The topological polar surface area (TPSA) is 141 Å². The van der Waals surface area contributed by atoms with Crippen molar-refractivity contribution in [1.29, 1.82) is 0 Å². The molecule has 11 heteroatoms. The van der Waals surface area contributed by atoms with Gasteiger partial charge in [-0.05, 0) is 63.4 Å². The summed E-state index contributed by atoms with van der Waals surface area (Å²) in [5.41, 5.74) is 2.22. The predicted octanol–water partition coefficient (Wildman–Crippen LogP) is 4.72. The molecule has 0 radical (unpaired) electrons. The number of benzene rings is 1. The van der Waals surface area contributed by atoms with Crippen LogP contribution in [0.5, 0.6) is 0 Å². The van der Waals surface area contributed by atoms with Gasteiger partial charge in [0, 0.05) is 49.6 Å². The van der Waals surface area contributed by atoms with E-state index in [0.29, 0.717) is 57.1 Å². The average molecular weight is 675 g/mol. The lowest BCUT2D eigenvalue weighted by atomic mass is 9.92. The van der Waals surface area contributed by atoms with Crippen LogP contribution in [0.1, 0.15) is 116 Å². The van der Waals surface area contributed by atoms with Crippen LogP contribution in [0, 0.1) is 5.92 Å². The summed E-state index contributed by atoms with van der Waals surface area (Å²) in [5.74, 6) is -1.53. The van der Waals surface area contributed by atoms with E-state index in [-0.39, 0.29) is 23.5 Å². The van der Waals surface area contributed by atoms with Gasteiger partial charge in [0.1, 0.15) is 30.0 Å². The van der Waals surface area contributed by atoms with Crippen molar-refractivity contribution in [3.8, 4) is 0 Å². The zero-order valence-corrected chi connectivity index (χ0v) is 29.5. The molecule has 1 aromatic heterocycles. The number of piperidine rings is 2. The lowest BCUT2D eigenvalue weighted by Crippen LogP contribution is -2.62. The van der Waals surface area contributed by atoms with Gasteiger partial charge in [0.15, 0.2) is 0 Å². The summed E-state index contributed by atoms with van der Waals surface area (Å²) in [6, 6.07) is 4.18. The third-order valence-electron chi connectivity index (χ3n) is 10.6. The molecule has 2 aromatic rings. The number of hydrogen-bond donors (Lipinski definition) is 3. The molecule has 5 rings (SSSR count). The Morgan fingerprint density at radius 1 is 0.878 bits per heavy atom. The van der Waals surface area contributed by atoms with Crippen molar-refractivity contribution in [3.63, 3.8) is 0 Å². The molecule has 3 aliphatic heterocycles.